The third kappa shape index (κ3) is 8.85. The maximum atomic E-state index is 13.0. The van der Waals surface area contributed by atoms with Crippen molar-refractivity contribution in [3.8, 4) is 0 Å². The van der Waals surface area contributed by atoms with Crippen LogP contribution in [-0.2, 0) is 52.4 Å². The highest BCUT2D eigenvalue weighted by Crippen LogP contribution is 2.33. The number of methoxy groups -OCH3 is 1. The standard InChI is InChI=1S/C28H40O11S/c1-10-11-20(29)37-21-19(16-35-40(32,33)18-14-12-17(2)13-15-18)36-24(34-9)23(39-26(31)28(6,7)8)22(21)38-25(30)27(3,4)5/h10-15,19,21-24H,16H2,1-9H3/b11-10+/t19-,21-,22+,23-,24+/m1/s1. The SMILES string of the molecule is C/C=C/C(=O)O[C@H]1[C@H](OC(=O)C(C)(C)C)[C@@H](OC(=O)C(C)(C)C)[C@@H](OC)O[C@@H]1COS(=O)(=O)c1ccc(C)cc1. The summed E-state index contributed by atoms with van der Waals surface area (Å²) in [6.45, 7) is 12.5. The quantitative estimate of drug-likeness (QED) is 0.182. The number of benzene rings is 1. The lowest BCUT2D eigenvalue weighted by Crippen LogP contribution is -2.63. The molecule has 1 aromatic rings. The van der Waals surface area contributed by atoms with Crippen molar-refractivity contribution in [1.82, 2.24) is 0 Å². The summed E-state index contributed by atoms with van der Waals surface area (Å²) in [5.41, 5.74) is -1.08. The normalized spacial score (nSPS) is 24.0. The van der Waals surface area contributed by atoms with Crippen LogP contribution in [0.3, 0.4) is 0 Å². The summed E-state index contributed by atoms with van der Waals surface area (Å²) in [6, 6.07) is 6.02. The largest absolute Gasteiger partial charge is 0.454 e. The van der Waals surface area contributed by atoms with Crippen LogP contribution in [0.15, 0.2) is 41.3 Å². The summed E-state index contributed by atoms with van der Waals surface area (Å²) in [5.74, 6) is -2.17. The molecular formula is C28H40O11S. The minimum atomic E-state index is -4.25. The Morgan fingerprint density at radius 2 is 1.40 bits per heavy atom. The second kappa shape index (κ2) is 13.2. The first-order valence-electron chi connectivity index (χ1n) is 12.8. The fourth-order valence-corrected chi connectivity index (χ4v) is 4.36. The zero-order valence-corrected chi connectivity index (χ0v) is 25.3. The summed E-state index contributed by atoms with van der Waals surface area (Å²) in [7, 11) is -2.97. The number of carbonyl (C=O) groups is 3. The summed E-state index contributed by atoms with van der Waals surface area (Å²) in [5, 5.41) is 0. The van der Waals surface area contributed by atoms with Crippen LogP contribution in [0.5, 0.6) is 0 Å². The number of aryl methyl sites for hydroxylation is 1. The van der Waals surface area contributed by atoms with Gasteiger partial charge in [0, 0.05) is 13.2 Å². The molecule has 40 heavy (non-hydrogen) atoms. The molecule has 0 spiro atoms. The van der Waals surface area contributed by atoms with Crippen molar-refractivity contribution < 1.29 is 50.7 Å². The van der Waals surface area contributed by atoms with Crippen molar-refractivity contribution in [2.75, 3.05) is 13.7 Å². The monoisotopic (exact) mass is 584 g/mol. The molecule has 0 radical (unpaired) electrons. The molecule has 0 aliphatic carbocycles. The van der Waals surface area contributed by atoms with Crippen LogP contribution in [0.25, 0.3) is 0 Å². The molecule has 12 heteroatoms. The molecule has 0 saturated carbocycles. The van der Waals surface area contributed by atoms with Crippen molar-refractivity contribution in [2.45, 2.75) is 91.0 Å². The van der Waals surface area contributed by atoms with Gasteiger partial charge in [0.15, 0.2) is 24.6 Å². The molecule has 0 amide bonds. The number of allylic oxidation sites excluding steroid dienone is 1. The number of hydrogen-bond donors (Lipinski definition) is 0. The molecule has 1 aliphatic rings. The van der Waals surface area contributed by atoms with Gasteiger partial charge in [0.2, 0.25) is 0 Å². The Morgan fingerprint density at radius 3 is 1.88 bits per heavy atom. The molecule has 11 nitrogen and oxygen atoms in total. The molecule has 1 aliphatic heterocycles. The van der Waals surface area contributed by atoms with Crippen LogP contribution in [0.1, 0.15) is 54.0 Å². The Labute approximate surface area is 236 Å². The average Bonchev–Trinajstić information content (AvgIpc) is 2.84. The first-order valence-corrected chi connectivity index (χ1v) is 14.2. The van der Waals surface area contributed by atoms with Gasteiger partial charge in [-0.2, -0.15) is 8.42 Å². The van der Waals surface area contributed by atoms with E-state index in [0.717, 1.165) is 11.6 Å². The highest BCUT2D eigenvalue weighted by molar-refractivity contribution is 7.86. The number of carbonyl (C=O) groups excluding carboxylic acids is 3. The van der Waals surface area contributed by atoms with Crippen molar-refractivity contribution in [3.05, 3.63) is 42.0 Å². The van der Waals surface area contributed by atoms with Gasteiger partial charge in [-0.05, 0) is 67.5 Å². The van der Waals surface area contributed by atoms with Gasteiger partial charge in [-0.15, -0.1) is 0 Å². The molecule has 1 fully saturated rings. The van der Waals surface area contributed by atoms with Crippen LogP contribution in [0.2, 0.25) is 0 Å². The number of rotatable bonds is 9. The minimum Gasteiger partial charge on any atom is -0.454 e. The fourth-order valence-electron chi connectivity index (χ4n) is 3.44. The number of ether oxygens (including phenoxy) is 5. The second-order valence-electron chi connectivity index (χ2n) is 11.5. The van der Waals surface area contributed by atoms with Crippen molar-refractivity contribution in [3.63, 3.8) is 0 Å². The van der Waals surface area contributed by atoms with Gasteiger partial charge in [-0.1, -0.05) is 23.8 Å². The van der Waals surface area contributed by atoms with Crippen LogP contribution >= 0.6 is 0 Å². The number of hydrogen-bond acceptors (Lipinski definition) is 11. The Balaban J connectivity index is 2.53. The first kappa shape index (κ1) is 33.4. The lowest BCUT2D eigenvalue weighted by atomic mass is 9.94. The van der Waals surface area contributed by atoms with E-state index in [-0.39, 0.29) is 4.90 Å². The van der Waals surface area contributed by atoms with E-state index in [2.05, 4.69) is 0 Å². The van der Waals surface area contributed by atoms with E-state index in [1.807, 2.05) is 6.92 Å². The molecule has 2 rings (SSSR count). The van der Waals surface area contributed by atoms with E-state index in [9.17, 15) is 22.8 Å². The van der Waals surface area contributed by atoms with Gasteiger partial charge in [0.25, 0.3) is 10.1 Å². The second-order valence-corrected chi connectivity index (χ2v) is 13.1. The van der Waals surface area contributed by atoms with Crippen LogP contribution < -0.4 is 0 Å². The fraction of sp³-hybridized carbons (Fsp3) is 0.607. The predicted octanol–water partition coefficient (Wildman–Crippen LogP) is 3.48. The molecule has 5 atom stereocenters. The maximum Gasteiger partial charge on any atom is 0.330 e. The smallest absolute Gasteiger partial charge is 0.330 e. The topological polar surface area (TPSA) is 141 Å². The van der Waals surface area contributed by atoms with Gasteiger partial charge in [0.05, 0.1) is 22.3 Å². The zero-order valence-electron chi connectivity index (χ0n) is 24.5. The molecule has 1 aromatic carbocycles. The lowest BCUT2D eigenvalue weighted by molar-refractivity contribution is -0.303. The van der Waals surface area contributed by atoms with Crippen molar-refractivity contribution in [1.29, 1.82) is 0 Å². The summed E-state index contributed by atoms with van der Waals surface area (Å²) >= 11 is 0. The molecule has 224 valence electrons. The minimum absolute atomic E-state index is 0.0904. The van der Waals surface area contributed by atoms with E-state index in [4.69, 9.17) is 27.9 Å². The van der Waals surface area contributed by atoms with Crippen LogP contribution in [0, 0.1) is 17.8 Å². The van der Waals surface area contributed by atoms with Crippen LogP contribution in [0.4, 0.5) is 0 Å². The lowest BCUT2D eigenvalue weighted by Gasteiger charge is -2.44. The van der Waals surface area contributed by atoms with Crippen molar-refractivity contribution in [2.24, 2.45) is 10.8 Å². The summed E-state index contributed by atoms with van der Waals surface area (Å²) in [6.07, 6.45) is -4.30. The molecule has 0 bridgehead atoms. The van der Waals surface area contributed by atoms with E-state index < -0.39 is 76.2 Å². The Bertz CT molecular complexity index is 1170. The summed E-state index contributed by atoms with van der Waals surface area (Å²) in [4.78, 5) is 38.4. The Kier molecular flexibility index (Phi) is 11.1. The Morgan fingerprint density at radius 1 is 0.875 bits per heavy atom. The third-order valence-electron chi connectivity index (χ3n) is 5.79. The maximum absolute atomic E-state index is 13.0. The molecule has 0 aromatic heterocycles. The molecule has 0 N–H and O–H groups in total. The van der Waals surface area contributed by atoms with Gasteiger partial charge >= 0.3 is 17.9 Å². The average molecular weight is 585 g/mol. The van der Waals surface area contributed by atoms with E-state index in [1.165, 1.54) is 25.3 Å². The molecule has 1 heterocycles. The molecule has 1 saturated heterocycles. The van der Waals surface area contributed by atoms with Crippen molar-refractivity contribution >= 4 is 28.0 Å². The third-order valence-corrected chi connectivity index (χ3v) is 7.08. The predicted molar refractivity (Wildman–Crippen MR) is 143 cm³/mol. The highest BCUT2D eigenvalue weighted by atomic mass is 32.2. The van der Waals surface area contributed by atoms with E-state index in [0.29, 0.717) is 0 Å². The Hall–Kier alpha value is -2.80. The van der Waals surface area contributed by atoms with Gasteiger partial charge in [0.1, 0.15) is 6.10 Å². The first-order chi connectivity index (χ1) is 18.4. The molecular weight excluding hydrogens is 544 g/mol. The van der Waals surface area contributed by atoms with Gasteiger partial charge in [-0.25, -0.2) is 4.79 Å². The highest BCUT2D eigenvalue weighted by Gasteiger charge is 2.54. The van der Waals surface area contributed by atoms with E-state index >= 15 is 0 Å². The molecule has 0 unspecified atom stereocenters. The van der Waals surface area contributed by atoms with Gasteiger partial charge in [-0.3, -0.25) is 13.8 Å². The summed E-state index contributed by atoms with van der Waals surface area (Å²) < 4.78 is 59.5. The van der Waals surface area contributed by atoms with Gasteiger partial charge < -0.3 is 23.7 Å². The zero-order chi connectivity index (χ0) is 30.5. The van der Waals surface area contributed by atoms with Crippen LogP contribution in [-0.4, -0.2) is 70.7 Å². The number of esters is 3. The van der Waals surface area contributed by atoms with E-state index in [1.54, 1.807) is 60.6 Å².